The number of rotatable bonds is 3. The molecular formula is C9H11N5O. The van der Waals surface area contributed by atoms with Gasteiger partial charge in [0.2, 0.25) is 0 Å². The molecule has 6 heteroatoms. The molecule has 15 heavy (non-hydrogen) atoms. The Kier molecular flexibility index (Phi) is 2.59. The van der Waals surface area contributed by atoms with Crippen molar-refractivity contribution in [2.75, 3.05) is 7.11 Å². The Labute approximate surface area is 86.7 Å². The van der Waals surface area contributed by atoms with Crippen molar-refractivity contribution in [1.29, 1.82) is 0 Å². The highest BCUT2D eigenvalue weighted by atomic mass is 16.5. The van der Waals surface area contributed by atoms with E-state index in [4.69, 9.17) is 10.5 Å². The molecule has 0 spiro atoms. The number of tetrazole rings is 1. The second kappa shape index (κ2) is 4.05. The SMILES string of the molecule is COc1ccc(-n2cnnn2)c(CN)c1. The number of methoxy groups -OCH3 is 1. The first-order chi connectivity index (χ1) is 7.35. The fourth-order valence-electron chi connectivity index (χ4n) is 1.35. The van der Waals surface area contributed by atoms with Gasteiger partial charge in [-0.05, 0) is 34.2 Å². The zero-order valence-electron chi connectivity index (χ0n) is 8.29. The summed E-state index contributed by atoms with van der Waals surface area (Å²) in [5.41, 5.74) is 7.44. The minimum absolute atomic E-state index is 0.409. The molecule has 0 bridgehead atoms. The van der Waals surface area contributed by atoms with Gasteiger partial charge in [-0.3, -0.25) is 0 Å². The molecule has 0 aliphatic rings. The lowest BCUT2D eigenvalue weighted by atomic mass is 10.1. The van der Waals surface area contributed by atoms with E-state index >= 15 is 0 Å². The molecule has 0 unspecified atom stereocenters. The van der Waals surface area contributed by atoms with Gasteiger partial charge in [-0.15, -0.1) is 5.10 Å². The Bertz CT molecular complexity index is 440. The zero-order chi connectivity index (χ0) is 10.7. The summed E-state index contributed by atoms with van der Waals surface area (Å²) in [6.45, 7) is 0.409. The van der Waals surface area contributed by atoms with Crippen LogP contribution in [0, 0.1) is 0 Å². The Balaban J connectivity index is 2.48. The van der Waals surface area contributed by atoms with Crippen LogP contribution in [0.25, 0.3) is 5.69 Å². The Morgan fingerprint density at radius 2 is 2.33 bits per heavy atom. The first-order valence-corrected chi connectivity index (χ1v) is 4.45. The molecule has 0 aliphatic heterocycles. The van der Waals surface area contributed by atoms with Gasteiger partial charge in [0.1, 0.15) is 12.1 Å². The number of hydrogen-bond donors (Lipinski definition) is 1. The molecule has 0 amide bonds. The molecule has 1 heterocycles. The number of benzene rings is 1. The molecule has 78 valence electrons. The van der Waals surface area contributed by atoms with Gasteiger partial charge in [-0.25, -0.2) is 4.68 Å². The van der Waals surface area contributed by atoms with Crippen molar-refractivity contribution in [2.24, 2.45) is 5.73 Å². The molecule has 2 rings (SSSR count). The fraction of sp³-hybridized carbons (Fsp3) is 0.222. The van der Waals surface area contributed by atoms with E-state index < -0.39 is 0 Å². The number of nitrogens with zero attached hydrogens (tertiary/aromatic N) is 4. The topological polar surface area (TPSA) is 78.8 Å². The van der Waals surface area contributed by atoms with Gasteiger partial charge in [0, 0.05) is 6.54 Å². The summed E-state index contributed by atoms with van der Waals surface area (Å²) < 4.78 is 6.68. The molecule has 0 radical (unpaired) electrons. The van der Waals surface area contributed by atoms with Gasteiger partial charge >= 0.3 is 0 Å². The first kappa shape index (κ1) is 9.60. The summed E-state index contributed by atoms with van der Waals surface area (Å²) >= 11 is 0. The third-order valence-corrected chi connectivity index (χ3v) is 2.10. The predicted molar refractivity (Wildman–Crippen MR) is 53.6 cm³/mol. The van der Waals surface area contributed by atoms with Crippen LogP contribution < -0.4 is 10.5 Å². The molecule has 0 saturated carbocycles. The molecule has 0 atom stereocenters. The second-order valence-corrected chi connectivity index (χ2v) is 2.95. The van der Waals surface area contributed by atoms with Crippen molar-refractivity contribution in [3.63, 3.8) is 0 Å². The van der Waals surface area contributed by atoms with E-state index in [1.54, 1.807) is 11.8 Å². The van der Waals surface area contributed by atoms with Gasteiger partial charge < -0.3 is 10.5 Å². The smallest absolute Gasteiger partial charge is 0.143 e. The number of ether oxygens (including phenoxy) is 1. The molecule has 0 saturated heterocycles. The highest BCUT2D eigenvalue weighted by molar-refractivity contribution is 5.44. The Morgan fingerprint density at radius 3 is 2.93 bits per heavy atom. The molecule has 2 N–H and O–H groups in total. The maximum atomic E-state index is 5.64. The van der Waals surface area contributed by atoms with E-state index in [2.05, 4.69) is 15.5 Å². The number of nitrogens with two attached hydrogens (primary N) is 1. The van der Waals surface area contributed by atoms with Crippen LogP contribution in [0.4, 0.5) is 0 Å². The maximum Gasteiger partial charge on any atom is 0.143 e. The van der Waals surface area contributed by atoms with Crippen LogP contribution in [-0.4, -0.2) is 27.3 Å². The number of hydrogen-bond acceptors (Lipinski definition) is 5. The normalized spacial score (nSPS) is 10.3. The highest BCUT2D eigenvalue weighted by Crippen LogP contribution is 2.19. The summed E-state index contributed by atoms with van der Waals surface area (Å²) in [4.78, 5) is 0. The molecule has 0 aliphatic carbocycles. The third kappa shape index (κ3) is 1.79. The van der Waals surface area contributed by atoms with Crippen molar-refractivity contribution in [3.8, 4) is 11.4 Å². The summed E-state index contributed by atoms with van der Waals surface area (Å²) in [6, 6.07) is 5.59. The van der Waals surface area contributed by atoms with Gasteiger partial charge in [-0.1, -0.05) is 0 Å². The van der Waals surface area contributed by atoms with Crippen LogP contribution in [0.1, 0.15) is 5.56 Å². The minimum Gasteiger partial charge on any atom is -0.497 e. The fourth-order valence-corrected chi connectivity index (χ4v) is 1.35. The molecule has 0 fully saturated rings. The van der Waals surface area contributed by atoms with Crippen LogP contribution in [0.15, 0.2) is 24.5 Å². The second-order valence-electron chi connectivity index (χ2n) is 2.95. The molecule has 1 aromatic carbocycles. The predicted octanol–water partition coefficient (Wildman–Crippen LogP) is 0.130. The monoisotopic (exact) mass is 205 g/mol. The highest BCUT2D eigenvalue weighted by Gasteiger charge is 2.05. The lowest BCUT2D eigenvalue weighted by molar-refractivity contribution is 0.414. The van der Waals surface area contributed by atoms with Gasteiger partial charge in [-0.2, -0.15) is 0 Å². The largest absolute Gasteiger partial charge is 0.497 e. The van der Waals surface area contributed by atoms with Crippen LogP contribution >= 0.6 is 0 Å². The Hall–Kier alpha value is -1.95. The number of aromatic nitrogens is 4. The van der Waals surface area contributed by atoms with E-state index in [1.807, 2.05) is 18.2 Å². The lowest BCUT2D eigenvalue weighted by Gasteiger charge is -2.08. The maximum absolute atomic E-state index is 5.64. The van der Waals surface area contributed by atoms with Crippen LogP contribution in [0.3, 0.4) is 0 Å². The average molecular weight is 205 g/mol. The van der Waals surface area contributed by atoms with Crippen molar-refractivity contribution >= 4 is 0 Å². The average Bonchev–Trinajstić information content (AvgIpc) is 2.81. The van der Waals surface area contributed by atoms with Crippen molar-refractivity contribution < 1.29 is 4.74 Å². The van der Waals surface area contributed by atoms with E-state index in [0.29, 0.717) is 6.54 Å². The standard InChI is InChI=1S/C9H11N5O/c1-15-8-2-3-9(7(4-8)5-10)14-6-11-12-13-14/h2-4,6H,5,10H2,1H3. The lowest BCUT2D eigenvalue weighted by Crippen LogP contribution is -2.05. The summed E-state index contributed by atoms with van der Waals surface area (Å²) in [5.74, 6) is 0.771. The van der Waals surface area contributed by atoms with Gasteiger partial charge in [0.05, 0.1) is 12.8 Å². The summed E-state index contributed by atoms with van der Waals surface area (Å²) in [5, 5.41) is 11.0. The summed E-state index contributed by atoms with van der Waals surface area (Å²) in [6.07, 6.45) is 1.53. The zero-order valence-corrected chi connectivity index (χ0v) is 8.29. The van der Waals surface area contributed by atoms with Crippen molar-refractivity contribution in [3.05, 3.63) is 30.1 Å². The minimum atomic E-state index is 0.409. The van der Waals surface area contributed by atoms with Crippen LogP contribution in [0.5, 0.6) is 5.75 Å². The van der Waals surface area contributed by atoms with Crippen LogP contribution in [-0.2, 0) is 6.54 Å². The molecule has 6 nitrogen and oxygen atoms in total. The first-order valence-electron chi connectivity index (χ1n) is 4.45. The molecule has 1 aromatic heterocycles. The van der Waals surface area contributed by atoms with E-state index in [-0.39, 0.29) is 0 Å². The van der Waals surface area contributed by atoms with E-state index in [0.717, 1.165) is 17.0 Å². The van der Waals surface area contributed by atoms with Crippen LogP contribution in [0.2, 0.25) is 0 Å². The van der Waals surface area contributed by atoms with E-state index in [1.165, 1.54) is 6.33 Å². The molecular weight excluding hydrogens is 194 g/mol. The summed E-state index contributed by atoms with van der Waals surface area (Å²) in [7, 11) is 1.62. The third-order valence-electron chi connectivity index (χ3n) is 2.10. The Morgan fingerprint density at radius 1 is 1.47 bits per heavy atom. The van der Waals surface area contributed by atoms with E-state index in [9.17, 15) is 0 Å². The molecule has 2 aromatic rings. The van der Waals surface area contributed by atoms with Crippen molar-refractivity contribution in [2.45, 2.75) is 6.54 Å². The quantitative estimate of drug-likeness (QED) is 0.770. The van der Waals surface area contributed by atoms with Gasteiger partial charge in [0.15, 0.2) is 0 Å². The van der Waals surface area contributed by atoms with Gasteiger partial charge in [0.25, 0.3) is 0 Å². The van der Waals surface area contributed by atoms with Crippen molar-refractivity contribution in [1.82, 2.24) is 20.2 Å².